The maximum atomic E-state index is 11.6. The minimum atomic E-state index is -0.827. The second-order valence-electron chi connectivity index (χ2n) is 6.11. The van der Waals surface area contributed by atoms with Crippen LogP contribution < -0.4 is 10.1 Å². The highest BCUT2D eigenvalue weighted by Crippen LogP contribution is 2.34. The molecule has 2 atom stereocenters. The molecule has 0 aliphatic heterocycles. The Bertz CT molecular complexity index is 541. The summed E-state index contributed by atoms with van der Waals surface area (Å²) in [5, 5.41) is 12.6. The quantitative estimate of drug-likeness (QED) is 0.875. The Morgan fingerprint density at radius 2 is 2.14 bits per heavy atom. The Morgan fingerprint density at radius 1 is 1.43 bits per heavy atom. The molecule has 2 unspecified atom stereocenters. The van der Waals surface area contributed by atoms with E-state index in [0.29, 0.717) is 19.4 Å². The molecular formula is C17H25NO3. The summed E-state index contributed by atoms with van der Waals surface area (Å²) in [7, 11) is 0. The molecule has 1 aromatic carbocycles. The van der Waals surface area contributed by atoms with Crippen LogP contribution in [-0.2, 0) is 4.79 Å². The van der Waals surface area contributed by atoms with Crippen LogP contribution in [0.3, 0.4) is 0 Å². The number of hydrogen-bond acceptors (Lipinski definition) is 3. The SMILES string of the molecule is CCNC1(C(=O)O)CCC(Oc2cc(C)cc(C)c2C)C1. The van der Waals surface area contributed by atoms with Crippen molar-refractivity contribution in [3.8, 4) is 5.75 Å². The van der Waals surface area contributed by atoms with Gasteiger partial charge >= 0.3 is 5.97 Å². The van der Waals surface area contributed by atoms with Crippen LogP contribution in [0.25, 0.3) is 0 Å². The molecule has 4 nitrogen and oxygen atoms in total. The number of ether oxygens (including phenoxy) is 1. The van der Waals surface area contributed by atoms with Crippen molar-refractivity contribution in [2.45, 2.75) is 58.6 Å². The summed E-state index contributed by atoms with van der Waals surface area (Å²) < 4.78 is 6.12. The van der Waals surface area contributed by atoms with Gasteiger partial charge in [-0.3, -0.25) is 4.79 Å². The third-order valence-corrected chi connectivity index (χ3v) is 4.45. The molecule has 21 heavy (non-hydrogen) atoms. The third-order valence-electron chi connectivity index (χ3n) is 4.45. The van der Waals surface area contributed by atoms with Crippen LogP contribution in [0.5, 0.6) is 5.75 Å². The molecule has 1 aromatic rings. The zero-order chi connectivity index (χ0) is 15.6. The average Bonchev–Trinajstić information content (AvgIpc) is 2.80. The van der Waals surface area contributed by atoms with Crippen molar-refractivity contribution in [1.29, 1.82) is 0 Å². The molecule has 0 spiro atoms. The smallest absolute Gasteiger partial charge is 0.324 e. The lowest BCUT2D eigenvalue weighted by molar-refractivity contribution is -0.144. The number of rotatable bonds is 5. The predicted octanol–water partition coefficient (Wildman–Crippen LogP) is 2.98. The number of carbonyl (C=O) groups is 1. The molecule has 0 amide bonds. The number of hydrogen-bond donors (Lipinski definition) is 2. The zero-order valence-electron chi connectivity index (χ0n) is 13.3. The molecule has 2 rings (SSSR count). The summed E-state index contributed by atoms with van der Waals surface area (Å²) in [5.74, 6) is 0.114. The van der Waals surface area contributed by atoms with Gasteiger partial charge in [0, 0.05) is 6.42 Å². The van der Waals surface area contributed by atoms with Gasteiger partial charge in [-0.15, -0.1) is 0 Å². The second-order valence-corrected chi connectivity index (χ2v) is 6.11. The Morgan fingerprint density at radius 3 is 2.76 bits per heavy atom. The van der Waals surface area contributed by atoms with Crippen LogP contribution in [0.2, 0.25) is 0 Å². The Balaban J connectivity index is 2.14. The van der Waals surface area contributed by atoms with E-state index in [1.807, 2.05) is 26.8 Å². The fourth-order valence-electron chi connectivity index (χ4n) is 3.17. The lowest BCUT2D eigenvalue weighted by Gasteiger charge is -2.25. The zero-order valence-corrected chi connectivity index (χ0v) is 13.3. The van der Waals surface area contributed by atoms with Crippen LogP contribution in [0.4, 0.5) is 0 Å². The molecule has 0 heterocycles. The Kier molecular flexibility index (Phi) is 4.57. The van der Waals surface area contributed by atoms with E-state index < -0.39 is 11.5 Å². The van der Waals surface area contributed by atoms with Crippen LogP contribution >= 0.6 is 0 Å². The summed E-state index contributed by atoms with van der Waals surface area (Å²) in [6.07, 6.45) is 1.86. The van der Waals surface area contributed by atoms with Crippen molar-refractivity contribution < 1.29 is 14.6 Å². The number of likely N-dealkylation sites (N-methyl/N-ethyl adjacent to an activating group) is 1. The van der Waals surface area contributed by atoms with Gasteiger partial charge in [0.05, 0.1) is 0 Å². The van der Waals surface area contributed by atoms with Gasteiger partial charge in [0.2, 0.25) is 0 Å². The van der Waals surface area contributed by atoms with Gasteiger partial charge in [0.15, 0.2) is 0 Å². The third kappa shape index (κ3) is 3.21. The lowest BCUT2D eigenvalue weighted by Crippen LogP contribution is -2.50. The van der Waals surface area contributed by atoms with Gasteiger partial charge in [0.1, 0.15) is 17.4 Å². The molecule has 116 valence electrons. The standard InChI is InChI=1S/C17H25NO3/c1-5-18-17(16(19)20)7-6-14(10-17)21-15-9-11(2)8-12(3)13(15)4/h8-9,14,18H,5-7,10H2,1-4H3,(H,19,20). The number of nitrogens with one attached hydrogen (secondary N) is 1. The van der Waals surface area contributed by atoms with Crippen LogP contribution in [-0.4, -0.2) is 29.3 Å². The molecular weight excluding hydrogens is 266 g/mol. The molecule has 1 fully saturated rings. The van der Waals surface area contributed by atoms with Crippen molar-refractivity contribution in [3.63, 3.8) is 0 Å². The van der Waals surface area contributed by atoms with Crippen molar-refractivity contribution >= 4 is 5.97 Å². The first-order valence-electron chi connectivity index (χ1n) is 7.61. The molecule has 1 saturated carbocycles. The second kappa shape index (κ2) is 6.06. The van der Waals surface area contributed by atoms with E-state index in [0.717, 1.165) is 17.7 Å². The van der Waals surface area contributed by atoms with Gasteiger partial charge in [-0.2, -0.15) is 0 Å². The minimum absolute atomic E-state index is 0.0416. The van der Waals surface area contributed by atoms with E-state index in [2.05, 4.69) is 18.3 Å². The topological polar surface area (TPSA) is 58.6 Å². The average molecular weight is 291 g/mol. The minimum Gasteiger partial charge on any atom is -0.490 e. The first-order valence-corrected chi connectivity index (χ1v) is 7.61. The largest absolute Gasteiger partial charge is 0.490 e. The number of benzene rings is 1. The molecule has 0 radical (unpaired) electrons. The summed E-state index contributed by atoms with van der Waals surface area (Å²) in [4.78, 5) is 11.6. The molecule has 2 N–H and O–H groups in total. The number of aliphatic carboxylic acids is 1. The molecule has 1 aliphatic rings. The number of carboxylic acids is 1. The lowest BCUT2D eigenvalue weighted by atomic mass is 9.98. The maximum absolute atomic E-state index is 11.6. The van der Waals surface area contributed by atoms with Gasteiger partial charge in [-0.05, 0) is 62.9 Å². The predicted molar refractivity (Wildman–Crippen MR) is 83.0 cm³/mol. The fraction of sp³-hybridized carbons (Fsp3) is 0.588. The molecule has 4 heteroatoms. The summed E-state index contributed by atoms with van der Waals surface area (Å²) in [6.45, 7) is 8.76. The Labute approximate surface area is 126 Å². The van der Waals surface area contributed by atoms with Crippen molar-refractivity contribution in [2.75, 3.05) is 6.54 Å². The van der Waals surface area contributed by atoms with Gasteiger partial charge < -0.3 is 15.2 Å². The van der Waals surface area contributed by atoms with Crippen LogP contribution in [0.1, 0.15) is 42.9 Å². The van der Waals surface area contributed by atoms with E-state index in [1.165, 1.54) is 11.1 Å². The molecule has 0 bridgehead atoms. The van der Waals surface area contributed by atoms with Crippen LogP contribution in [0.15, 0.2) is 12.1 Å². The van der Waals surface area contributed by atoms with Gasteiger partial charge in [-0.25, -0.2) is 0 Å². The van der Waals surface area contributed by atoms with Crippen molar-refractivity contribution in [2.24, 2.45) is 0 Å². The van der Waals surface area contributed by atoms with Crippen LogP contribution in [0, 0.1) is 20.8 Å². The van der Waals surface area contributed by atoms with E-state index in [4.69, 9.17) is 4.74 Å². The monoisotopic (exact) mass is 291 g/mol. The van der Waals surface area contributed by atoms with E-state index in [-0.39, 0.29) is 6.10 Å². The highest BCUT2D eigenvalue weighted by molar-refractivity contribution is 5.79. The normalized spacial score (nSPS) is 25.0. The highest BCUT2D eigenvalue weighted by atomic mass is 16.5. The summed E-state index contributed by atoms with van der Waals surface area (Å²) in [6, 6.07) is 4.17. The van der Waals surface area contributed by atoms with E-state index in [9.17, 15) is 9.90 Å². The summed E-state index contributed by atoms with van der Waals surface area (Å²) in [5.41, 5.74) is 2.69. The summed E-state index contributed by atoms with van der Waals surface area (Å²) >= 11 is 0. The maximum Gasteiger partial charge on any atom is 0.324 e. The highest BCUT2D eigenvalue weighted by Gasteiger charge is 2.46. The first-order chi connectivity index (χ1) is 9.88. The molecule has 1 aliphatic carbocycles. The van der Waals surface area contributed by atoms with Crippen molar-refractivity contribution in [1.82, 2.24) is 5.32 Å². The van der Waals surface area contributed by atoms with E-state index in [1.54, 1.807) is 0 Å². The molecule has 0 aromatic heterocycles. The fourth-order valence-corrected chi connectivity index (χ4v) is 3.17. The number of aryl methyl sites for hydroxylation is 2. The van der Waals surface area contributed by atoms with Gasteiger partial charge in [0.25, 0.3) is 0 Å². The number of carboxylic acid groups (broad SMARTS) is 1. The van der Waals surface area contributed by atoms with E-state index >= 15 is 0 Å². The molecule has 0 saturated heterocycles. The van der Waals surface area contributed by atoms with Gasteiger partial charge in [-0.1, -0.05) is 13.0 Å². The Hall–Kier alpha value is -1.55. The van der Waals surface area contributed by atoms with Crippen molar-refractivity contribution in [3.05, 3.63) is 28.8 Å². The first kappa shape index (κ1) is 15.8.